The van der Waals surface area contributed by atoms with Crippen molar-refractivity contribution in [2.75, 3.05) is 0 Å². The number of alkyl halides is 1. The van der Waals surface area contributed by atoms with Gasteiger partial charge in [0.15, 0.2) is 5.78 Å². The van der Waals surface area contributed by atoms with E-state index in [0.29, 0.717) is 5.75 Å². The molecule has 2 nitrogen and oxygen atoms in total. The van der Waals surface area contributed by atoms with Crippen molar-refractivity contribution < 1.29 is 13.9 Å². The van der Waals surface area contributed by atoms with Gasteiger partial charge in [-0.2, -0.15) is 0 Å². The molecule has 1 aromatic rings. The second kappa shape index (κ2) is 4.77. The number of carbonyl (C=O) groups is 1. The first kappa shape index (κ1) is 14.2. The van der Waals surface area contributed by atoms with Gasteiger partial charge in [-0.1, -0.05) is 20.8 Å². The second-order valence-corrected chi connectivity index (χ2v) is 6.57. The summed E-state index contributed by atoms with van der Waals surface area (Å²) in [6.07, 6.45) is 0. The summed E-state index contributed by atoms with van der Waals surface area (Å²) in [7, 11) is 0. The lowest BCUT2D eigenvalue weighted by Crippen LogP contribution is -2.42. The lowest BCUT2D eigenvalue weighted by Gasteiger charge is -2.29. The molecule has 0 amide bonds. The number of hydrogen-bond donors (Lipinski definition) is 0. The minimum absolute atomic E-state index is 0.0747. The van der Waals surface area contributed by atoms with Crippen LogP contribution in [0.1, 0.15) is 27.7 Å². The van der Waals surface area contributed by atoms with Crippen LogP contribution in [0.15, 0.2) is 24.3 Å². The van der Waals surface area contributed by atoms with Gasteiger partial charge in [0.05, 0.1) is 0 Å². The molecule has 1 unspecified atom stereocenters. The summed E-state index contributed by atoms with van der Waals surface area (Å²) in [6.45, 7) is 7.11. The van der Waals surface area contributed by atoms with Gasteiger partial charge in [-0.3, -0.25) is 4.79 Å². The van der Waals surface area contributed by atoms with Crippen LogP contribution in [0.4, 0.5) is 4.39 Å². The molecule has 0 radical (unpaired) electrons. The Kier molecular flexibility index (Phi) is 3.97. The molecule has 0 aliphatic rings. The molecule has 0 saturated carbocycles. The standard InChI is InChI=1S/C13H16BrFO2/c1-12(2,3)11(16)13(4,14)17-10-7-5-9(15)6-8-10/h5-8H,1-4H3. The Bertz CT molecular complexity index is 404. The fourth-order valence-electron chi connectivity index (χ4n) is 1.44. The van der Waals surface area contributed by atoms with Gasteiger partial charge in [0.1, 0.15) is 11.6 Å². The van der Waals surface area contributed by atoms with Crippen molar-refractivity contribution in [3.8, 4) is 5.75 Å². The Morgan fingerprint density at radius 1 is 1.18 bits per heavy atom. The third-order valence-corrected chi connectivity index (χ3v) is 2.73. The highest BCUT2D eigenvalue weighted by atomic mass is 79.9. The molecule has 0 saturated heterocycles. The Hall–Kier alpha value is -0.900. The molecule has 0 heterocycles. The van der Waals surface area contributed by atoms with Gasteiger partial charge in [0.25, 0.3) is 0 Å². The molecule has 0 bridgehead atoms. The van der Waals surface area contributed by atoms with Gasteiger partial charge in [-0.25, -0.2) is 4.39 Å². The van der Waals surface area contributed by atoms with Crippen LogP contribution in [0, 0.1) is 11.2 Å². The minimum atomic E-state index is -1.11. The van der Waals surface area contributed by atoms with Crippen LogP contribution < -0.4 is 4.74 Å². The normalized spacial score (nSPS) is 15.2. The highest BCUT2D eigenvalue weighted by Gasteiger charge is 2.39. The van der Waals surface area contributed by atoms with Crippen molar-refractivity contribution in [1.82, 2.24) is 0 Å². The Labute approximate surface area is 109 Å². The quantitative estimate of drug-likeness (QED) is 0.791. The molecule has 0 aliphatic heterocycles. The monoisotopic (exact) mass is 302 g/mol. The number of Topliss-reactive ketones (excluding diaryl/α,β-unsaturated/α-hetero) is 1. The van der Waals surface area contributed by atoms with Crippen molar-refractivity contribution in [3.05, 3.63) is 30.1 Å². The number of hydrogen-bond acceptors (Lipinski definition) is 2. The summed E-state index contributed by atoms with van der Waals surface area (Å²) >= 11 is 3.27. The van der Waals surface area contributed by atoms with E-state index in [4.69, 9.17) is 4.74 Å². The van der Waals surface area contributed by atoms with E-state index in [9.17, 15) is 9.18 Å². The third kappa shape index (κ3) is 3.80. The molecule has 0 N–H and O–H groups in total. The van der Waals surface area contributed by atoms with E-state index < -0.39 is 9.93 Å². The molecule has 1 rings (SSSR count). The van der Waals surface area contributed by atoms with Crippen LogP contribution in [0.5, 0.6) is 5.75 Å². The van der Waals surface area contributed by atoms with Crippen molar-refractivity contribution in [2.45, 2.75) is 32.2 Å². The van der Waals surface area contributed by atoms with E-state index in [1.165, 1.54) is 24.3 Å². The Morgan fingerprint density at radius 2 is 1.65 bits per heavy atom. The zero-order chi connectivity index (χ0) is 13.3. The van der Waals surface area contributed by atoms with Crippen molar-refractivity contribution >= 4 is 21.7 Å². The molecule has 0 fully saturated rings. The van der Waals surface area contributed by atoms with Gasteiger partial charge in [0, 0.05) is 5.41 Å². The summed E-state index contributed by atoms with van der Waals surface area (Å²) in [5.41, 5.74) is -0.516. The molecule has 94 valence electrons. The fraction of sp³-hybridized carbons (Fsp3) is 0.462. The van der Waals surface area contributed by atoms with Gasteiger partial charge < -0.3 is 4.74 Å². The molecular weight excluding hydrogens is 287 g/mol. The van der Waals surface area contributed by atoms with Crippen LogP contribution >= 0.6 is 15.9 Å². The first-order valence-corrected chi connectivity index (χ1v) is 6.10. The van der Waals surface area contributed by atoms with Gasteiger partial charge in [0.2, 0.25) is 4.51 Å². The van der Waals surface area contributed by atoms with Crippen molar-refractivity contribution in [2.24, 2.45) is 5.41 Å². The Morgan fingerprint density at radius 3 is 2.06 bits per heavy atom. The minimum Gasteiger partial charge on any atom is -0.469 e. The molecule has 0 spiro atoms. The summed E-state index contributed by atoms with van der Waals surface area (Å²) in [6, 6.07) is 5.57. The fourth-order valence-corrected chi connectivity index (χ4v) is 2.22. The van der Waals surface area contributed by atoms with Gasteiger partial charge in [-0.15, -0.1) is 0 Å². The van der Waals surface area contributed by atoms with Crippen molar-refractivity contribution in [1.29, 1.82) is 0 Å². The van der Waals surface area contributed by atoms with E-state index in [-0.39, 0.29) is 11.6 Å². The molecule has 1 atom stereocenters. The highest BCUT2D eigenvalue weighted by molar-refractivity contribution is 9.10. The average Bonchev–Trinajstić information content (AvgIpc) is 2.19. The zero-order valence-corrected chi connectivity index (χ0v) is 12.0. The highest BCUT2D eigenvalue weighted by Crippen LogP contribution is 2.32. The van der Waals surface area contributed by atoms with Crippen LogP contribution in [-0.2, 0) is 4.79 Å². The molecule has 1 aromatic carbocycles. The molecule has 17 heavy (non-hydrogen) atoms. The van der Waals surface area contributed by atoms with E-state index in [1.54, 1.807) is 6.92 Å². The molecular formula is C13H16BrFO2. The predicted molar refractivity (Wildman–Crippen MR) is 68.8 cm³/mol. The number of ether oxygens (including phenoxy) is 1. The maximum Gasteiger partial charge on any atom is 0.218 e. The first-order valence-electron chi connectivity index (χ1n) is 5.31. The van der Waals surface area contributed by atoms with E-state index in [2.05, 4.69) is 15.9 Å². The van der Waals surface area contributed by atoms with E-state index in [0.717, 1.165) is 0 Å². The third-order valence-electron chi connectivity index (χ3n) is 2.21. The maximum atomic E-state index is 12.7. The zero-order valence-electron chi connectivity index (χ0n) is 10.4. The summed E-state index contributed by atoms with van der Waals surface area (Å²) in [5, 5.41) is 0. The van der Waals surface area contributed by atoms with Crippen LogP contribution in [0.3, 0.4) is 0 Å². The van der Waals surface area contributed by atoms with Crippen LogP contribution in [0.2, 0.25) is 0 Å². The number of rotatable bonds is 3. The predicted octanol–water partition coefficient (Wildman–Crippen LogP) is 3.93. The number of ketones is 1. The second-order valence-electron chi connectivity index (χ2n) is 5.05. The van der Waals surface area contributed by atoms with Gasteiger partial charge >= 0.3 is 0 Å². The maximum absolute atomic E-state index is 12.7. The van der Waals surface area contributed by atoms with E-state index >= 15 is 0 Å². The van der Waals surface area contributed by atoms with Crippen LogP contribution in [-0.4, -0.2) is 10.3 Å². The molecule has 0 aromatic heterocycles. The number of benzene rings is 1. The summed E-state index contributed by atoms with van der Waals surface area (Å²) < 4.78 is 17.2. The lowest BCUT2D eigenvalue weighted by atomic mass is 9.88. The largest absolute Gasteiger partial charge is 0.469 e. The summed E-state index contributed by atoms with van der Waals surface area (Å²) in [5.74, 6) is 0.0356. The smallest absolute Gasteiger partial charge is 0.218 e. The average molecular weight is 303 g/mol. The Balaban J connectivity index is 2.86. The molecule has 4 heteroatoms. The summed E-state index contributed by atoms with van der Waals surface area (Å²) in [4.78, 5) is 12.1. The van der Waals surface area contributed by atoms with Gasteiger partial charge in [-0.05, 0) is 47.1 Å². The lowest BCUT2D eigenvalue weighted by molar-refractivity contribution is -0.134. The molecule has 0 aliphatic carbocycles. The van der Waals surface area contributed by atoms with Crippen LogP contribution in [0.25, 0.3) is 0 Å². The van der Waals surface area contributed by atoms with E-state index in [1.807, 2.05) is 20.8 Å². The topological polar surface area (TPSA) is 26.3 Å². The number of halogens is 2. The number of carbonyl (C=O) groups excluding carboxylic acids is 1. The van der Waals surface area contributed by atoms with Crippen molar-refractivity contribution in [3.63, 3.8) is 0 Å². The SMILES string of the molecule is CC(C)(C)C(=O)C(C)(Br)Oc1ccc(F)cc1. The first-order chi connectivity index (χ1) is 7.63.